The third-order valence-electron chi connectivity index (χ3n) is 3.15. The number of benzene rings is 1. The van der Waals surface area contributed by atoms with Crippen LogP contribution in [0.25, 0.3) is 5.65 Å². The lowest BCUT2D eigenvalue weighted by atomic mass is 10.3. The molecule has 6 heteroatoms. The number of nitrogens with zero attached hydrogens (tertiary/aromatic N) is 2. The van der Waals surface area contributed by atoms with Gasteiger partial charge in [-0.3, -0.25) is 9.20 Å². The zero-order valence-corrected chi connectivity index (χ0v) is 13.2. The molecule has 0 amide bonds. The van der Waals surface area contributed by atoms with Crippen molar-refractivity contribution >= 4 is 28.8 Å². The minimum atomic E-state index is -0.147. The largest absolute Gasteiger partial charge is 0.486 e. The molecule has 0 aliphatic heterocycles. The Kier molecular flexibility index (Phi) is 4.05. The van der Waals surface area contributed by atoms with E-state index in [9.17, 15) is 4.79 Å². The Morgan fingerprint density at radius 3 is 2.77 bits per heavy atom. The van der Waals surface area contributed by atoms with E-state index < -0.39 is 0 Å². The Hall–Kier alpha value is -2.04. The summed E-state index contributed by atoms with van der Waals surface area (Å²) in [6.07, 6.45) is 1.71. The summed E-state index contributed by atoms with van der Waals surface area (Å²) in [4.78, 5) is 16.5. The summed E-state index contributed by atoms with van der Waals surface area (Å²) in [7, 11) is 0. The summed E-state index contributed by atoms with van der Waals surface area (Å²) < 4.78 is 7.10. The molecule has 2 heterocycles. The molecule has 0 atom stereocenters. The number of rotatable bonds is 3. The van der Waals surface area contributed by atoms with Crippen LogP contribution in [0.1, 0.15) is 11.3 Å². The number of pyridine rings is 1. The highest BCUT2D eigenvalue weighted by Crippen LogP contribution is 2.27. The highest BCUT2D eigenvalue weighted by molar-refractivity contribution is 6.35. The molecule has 0 unspecified atom stereocenters. The molecule has 2 aromatic heterocycles. The number of fused-ring (bicyclic) bond motifs is 1. The van der Waals surface area contributed by atoms with Gasteiger partial charge in [0.1, 0.15) is 18.0 Å². The van der Waals surface area contributed by atoms with Gasteiger partial charge in [0.05, 0.1) is 10.7 Å². The van der Waals surface area contributed by atoms with E-state index >= 15 is 0 Å². The molecule has 4 nitrogen and oxygen atoms in total. The second kappa shape index (κ2) is 5.99. The maximum absolute atomic E-state index is 12.1. The summed E-state index contributed by atoms with van der Waals surface area (Å²) in [5, 5.41) is 0.954. The van der Waals surface area contributed by atoms with Gasteiger partial charge in [-0.1, -0.05) is 23.2 Å². The van der Waals surface area contributed by atoms with Crippen molar-refractivity contribution in [2.75, 3.05) is 0 Å². The van der Waals surface area contributed by atoms with E-state index in [4.69, 9.17) is 27.9 Å². The van der Waals surface area contributed by atoms with Crippen molar-refractivity contribution in [3.63, 3.8) is 0 Å². The third-order valence-corrected chi connectivity index (χ3v) is 3.68. The second-order valence-corrected chi connectivity index (χ2v) is 5.73. The highest BCUT2D eigenvalue weighted by atomic mass is 35.5. The first kappa shape index (κ1) is 14.9. The molecule has 22 heavy (non-hydrogen) atoms. The second-order valence-electron chi connectivity index (χ2n) is 4.88. The first-order valence-electron chi connectivity index (χ1n) is 6.60. The lowest BCUT2D eigenvalue weighted by molar-refractivity contribution is 0.301. The van der Waals surface area contributed by atoms with Gasteiger partial charge in [0.25, 0.3) is 5.56 Å². The SMILES string of the molecule is Cc1ccn2c(=O)cc(COc3ccc(Cl)cc3Cl)nc2c1. The van der Waals surface area contributed by atoms with Crippen molar-refractivity contribution in [2.24, 2.45) is 0 Å². The Balaban J connectivity index is 1.89. The molecule has 0 spiro atoms. The molecule has 0 fully saturated rings. The lowest BCUT2D eigenvalue weighted by Gasteiger charge is -2.09. The number of aryl methyl sites for hydroxylation is 1. The van der Waals surface area contributed by atoms with Crippen LogP contribution < -0.4 is 10.3 Å². The van der Waals surface area contributed by atoms with E-state index in [1.54, 1.807) is 24.4 Å². The smallest absolute Gasteiger partial charge is 0.258 e. The predicted molar refractivity (Wildman–Crippen MR) is 87.0 cm³/mol. The van der Waals surface area contributed by atoms with Crippen molar-refractivity contribution in [3.8, 4) is 5.75 Å². The molecule has 3 aromatic rings. The van der Waals surface area contributed by atoms with Crippen LogP contribution in [0, 0.1) is 6.92 Å². The molecule has 3 rings (SSSR count). The fourth-order valence-corrected chi connectivity index (χ4v) is 2.53. The fourth-order valence-electron chi connectivity index (χ4n) is 2.07. The van der Waals surface area contributed by atoms with E-state index in [1.165, 1.54) is 10.5 Å². The number of ether oxygens (including phenoxy) is 1. The maximum atomic E-state index is 12.1. The standard InChI is InChI=1S/C16H12Cl2N2O2/c1-10-4-5-20-15(6-10)19-12(8-16(20)21)9-22-14-3-2-11(17)7-13(14)18/h2-8H,9H2,1H3. The monoisotopic (exact) mass is 334 g/mol. The van der Waals surface area contributed by atoms with Crippen molar-refractivity contribution in [1.29, 1.82) is 0 Å². The van der Waals surface area contributed by atoms with Gasteiger partial charge in [0.2, 0.25) is 0 Å². The zero-order valence-electron chi connectivity index (χ0n) is 11.7. The van der Waals surface area contributed by atoms with Crippen molar-refractivity contribution in [2.45, 2.75) is 13.5 Å². The molecule has 112 valence electrons. The minimum Gasteiger partial charge on any atom is -0.486 e. The highest BCUT2D eigenvalue weighted by Gasteiger charge is 2.06. The molecule has 0 aliphatic rings. The van der Waals surface area contributed by atoms with E-state index in [0.717, 1.165) is 5.56 Å². The Bertz CT molecular complexity index is 906. The molecular formula is C16H12Cl2N2O2. The van der Waals surface area contributed by atoms with Gasteiger partial charge in [-0.15, -0.1) is 0 Å². The number of halogens is 2. The summed E-state index contributed by atoms with van der Waals surface area (Å²) in [6.45, 7) is 2.10. The molecule has 0 saturated carbocycles. The summed E-state index contributed by atoms with van der Waals surface area (Å²) in [6, 6.07) is 10.1. The van der Waals surface area contributed by atoms with Crippen LogP contribution in [0.15, 0.2) is 47.4 Å². The number of aromatic nitrogens is 2. The topological polar surface area (TPSA) is 43.6 Å². The molecule has 0 aliphatic carbocycles. The number of hydrogen-bond donors (Lipinski definition) is 0. The number of hydrogen-bond acceptors (Lipinski definition) is 3. The Labute approximate surface area is 136 Å². The van der Waals surface area contributed by atoms with Crippen LogP contribution in [-0.4, -0.2) is 9.38 Å². The molecular weight excluding hydrogens is 323 g/mol. The van der Waals surface area contributed by atoms with Crippen LogP contribution in [-0.2, 0) is 6.61 Å². The normalized spacial score (nSPS) is 10.9. The third kappa shape index (κ3) is 3.08. The van der Waals surface area contributed by atoms with Gasteiger partial charge >= 0.3 is 0 Å². The van der Waals surface area contributed by atoms with E-state index in [0.29, 0.717) is 27.1 Å². The molecule has 1 aromatic carbocycles. The van der Waals surface area contributed by atoms with Gasteiger partial charge in [-0.05, 0) is 42.8 Å². The van der Waals surface area contributed by atoms with Gasteiger partial charge in [0, 0.05) is 17.3 Å². The molecule has 0 radical (unpaired) electrons. The Morgan fingerprint density at radius 2 is 2.00 bits per heavy atom. The van der Waals surface area contributed by atoms with Crippen LogP contribution in [0.5, 0.6) is 5.75 Å². The molecule has 0 saturated heterocycles. The zero-order chi connectivity index (χ0) is 15.7. The van der Waals surface area contributed by atoms with Crippen LogP contribution in [0.2, 0.25) is 10.0 Å². The first-order chi connectivity index (χ1) is 10.5. The van der Waals surface area contributed by atoms with Gasteiger partial charge in [-0.2, -0.15) is 0 Å². The fraction of sp³-hybridized carbons (Fsp3) is 0.125. The van der Waals surface area contributed by atoms with E-state index in [1.807, 2.05) is 19.1 Å². The van der Waals surface area contributed by atoms with Gasteiger partial charge in [-0.25, -0.2) is 4.98 Å². The van der Waals surface area contributed by atoms with Crippen LogP contribution in [0.3, 0.4) is 0 Å². The molecule has 0 N–H and O–H groups in total. The van der Waals surface area contributed by atoms with E-state index in [2.05, 4.69) is 4.98 Å². The van der Waals surface area contributed by atoms with E-state index in [-0.39, 0.29) is 12.2 Å². The van der Waals surface area contributed by atoms with Crippen molar-refractivity contribution < 1.29 is 4.74 Å². The summed E-state index contributed by atoms with van der Waals surface area (Å²) in [5.41, 5.74) is 2.02. The average molecular weight is 335 g/mol. The quantitative estimate of drug-likeness (QED) is 0.729. The van der Waals surface area contributed by atoms with Crippen molar-refractivity contribution in [1.82, 2.24) is 9.38 Å². The predicted octanol–water partition coefficient (Wildman–Crippen LogP) is 3.89. The Morgan fingerprint density at radius 1 is 1.18 bits per heavy atom. The van der Waals surface area contributed by atoms with Gasteiger partial charge < -0.3 is 4.74 Å². The average Bonchev–Trinajstić information content (AvgIpc) is 2.46. The van der Waals surface area contributed by atoms with Crippen molar-refractivity contribution in [3.05, 3.63) is 74.3 Å². The maximum Gasteiger partial charge on any atom is 0.258 e. The summed E-state index contributed by atoms with van der Waals surface area (Å²) >= 11 is 11.9. The van der Waals surface area contributed by atoms with Crippen LogP contribution in [0.4, 0.5) is 0 Å². The minimum absolute atomic E-state index is 0.147. The summed E-state index contributed by atoms with van der Waals surface area (Å²) in [5.74, 6) is 0.498. The first-order valence-corrected chi connectivity index (χ1v) is 7.35. The molecule has 0 bridgehead atoms. The lowest BCUT2D eigenvalue weighted by Crippen LogP contribution is -2.16. The van der Waals surface area contributed by atoms with Crippen LogP contribution >= 0.6 is 23.2 Å². The van der Waals surface area contributed by atoms with Gasteiger partial charge in [0.15, 0.2) is 0 Å².